The molecule has 1 aliphatic rings. The summed E-state index contributed by atoms with van der Waals surface area (Å²) in [6.45, 7) is 0. The van der Waals surface area contributed by atoms with E-state index in [1.54, 1.807) is 4.68 Å². The third-order valence-electron chi connectivity index (χ3n) is 3.89. The smallest absolute Gasteiger partial charge is 0.176 e. The first-order valence-corrected chi connectivity index (χ1v) is 6.87. The van der Waals surface area contributed by atoms with Crippen molar-refractivity contribution in [1.29, 1.82) is 0 Å². The van der Waals surface area contributed by atoms with Crippen LogP contribution in [0.2, 0.25) is 5.02 Å². The quantitative estimate of drug-likeness (QED) is 0.935. The molecule has 0 unspecified atom stereocenters. The first-order valence-electron chi connectivity index (χ1n) is 6.49. The SMILES string of the molecule is CNC1(c2nnnn2-c2cccc(Cl)c2)CCCC1. The standard InChI is InChI=1S/C13H16ClN5/c1-15-13(7-2-3-8-13)12-16-17-18-19(12)11-6-4-5-10(14)9-11/h4-6,9,15H,2-3,7-8H2,1H3. The van der Waals surface area contributed by atoms with Crippen molar-refractivity contribution in [3.8, 4) is 5.69 Å². The molecule has 1 aliphatic carbocycles. The van der Waals surface area contributed by atoms with Gasteiger partial charge >= 0.3 is 0 Å². The summed E-state index contributed by atoms with van der Waals surface area (Å²) in [6, 6.07) is 7.59. The first kappa shape index (κ1) is 12.6. The lowest BCUT2D eigenvalue weighted by molar-refractivity contribution is 0.341. The lowest BCUT2D eigenvalue weighted by Gasteiger charge is -2.26. The van der Waals surface area contributed by atoms with E-state index >= 15 is 0 Å². The van der Waals surface area contributed by atoms with Crippen molar-refractivity contribution in [3.63, 3.8) is 0 Å². The topological polar surface area (TPSA) is 55.6 Å². The number of rotatable bonds is 3. The molecule has 19 heavy (non-hydrogen) atoms. The fourth-order valence-corrected chi connectivity index (χ4v) is 3.02. The van der Waals surface area contributed by atoms with E-state index in [2.05, 4.69) is 20.8 Å². The summed E-state index contributed by atoms with van der Waals surface area (Å²) in [5, 5.41) is 16.3. The van der Waals surface area contributed by atoms with Crippen LogP contribution < -0.4 is 5.32 Å². The van der Waals surface area contributed by atoms with Crippen LogP contribution in [0, 0.1) is 0 Å². The maximum atomic E-state index is 6.04. The fraction of sp³-hybridized carbons (Fsp3) is 0.462. The molecule has 3 rings (SSSR count). The predicted molar refractivity (Wildman–Crippen MR) is 73.4 cm³/mol. The fourth-order valence-electron chi connectivity index (χ4n) is 2.83. The van der Waals surface area contributed by atoms with E-state index in [0.29, 0.717) is 5.02 Å². The van der Waals surface area contributed by atoms with E-state index in [-0.39, 0.29) is 5.54 Å². The first-order chi connectivity index (χ1) is 9.25. The summed E-state index contributed by atoms with van der Waals surface area (Å²) >= 11 is 6.04. The Hall–Kier alpha value is -1.46. The maximum Gasteiger partial charge on any atom is 0.176 e. The van der Waals surface area contributed by atoms with Crippen molar-refractivity contribution < 1.29 is 0 Å². The van der Waals surface area contributed by atoms with Crippen molar-refractivity contribution in [2.45, 2.75) is 31.2 Å². The molecule has 1 aromatic carbocycles. The zero-order valence-electron chi connectivity index (χ0n) is 10.8. The van der Waals surface area contributed by atoms with Crippen LogP contribution in [0.1, 0.15) is 31.5 Å². The number of nitrogens with zero attached hydrogens (tertiary/aromatic N) is 4. The van der Waals surface area contributed by atoms with Gasteiger partial charge in [-0.25, -0.2) is 0 Å². The van der Waals surface area contributed by atoms with E-state index in [0.717, 1.165) is 24.4 Å². The van der Waals surface area contributed by atoms with E-state index in [4.69, 9.17) is 11.6 Å². The second-order valence-electron chi connectivity index (χ2n) is 4.93. The second-order valence-corrected chi connectivity index (χ2v) is 5.37. The van der Waals surface area contributed by atoms with Gasteiger partial charge in [-0.3, -0.25) is 0 Å². The number of hydrogen-bond acceptors (Lipinski definition) is 4. The summed E-state index contributed by atoms with van der Waals surface area (Å²) < 4.78 is 1.79. The molecule has 0 atom stereocenters. The van der Waals surface area contributed by atoms with Crippen LogP contribution in [-0.2, 0) is 5.54 Å². The van der Waals surface area contributed by atoms with Crippen LogP contribution in [0.4, 0.5) is 0 Å². The van der Waals surface area contributed by atoms with Gasteiger partial charge in [0.15, 0.2) is 5.82 Å². The molecule has 2 aromatic rings. The molecule has 1 aromatic heterocycles. The minimum Gasteiger partial charge on any atom is -0.308 e. The lowest BCUT2D eigenvalue weighted by atomic mass is 9.96. The van der Waals surface area contributed by atoms with Gasteiger partial charge in [-0.1, -0.05) is 30.5 Å². The summed E-state index contributed by atoms with van der Waals surface area (Å²) in [6.07, 6.45) is 4.52. The zero-order valence-corrected chi connectivity index (χ0v) is 11.6. The molecule has 1 saturated carbocycles. The van der Waals surface area contributed by atoms with Crippen LogP contribution in [-0.4, -0.2) is 27.3 Å². The van der Waals surface area contributed by atoms with Gasteiger partial charge in [0, 0.05) is 5.02 Å². The Balaban J connectivity index is 2.07. The average Bonchev–Trinajstić information content (AvgIpc) is 3.08. The Bertz CT molecular complexity index is 574. The largest absolute Gasteiger partial charge is 0.308 e. The van der Waals surface area contributed by atoms with E-state index < -0.39 is 0 Å². The Morgan fingerprint density at radius 1 is 1.32 bits per heavy atom. The average molecular weight is 278 g/mol. The highest BCUT2D eigenvalue weighted by Gasteiger charge is 2.39. The zero-order chi connectivity index (χ0) is 13.3. The molecule has 0 amide bonds. The van der Waals surface area contributed by atoms with Gasteiger partial charge in [-0.05, 0) is 48.5 Å². The number of benzene rings is 1. The molecular weight excluding hydrogens is 262 g/mol. The van der Waals surface area contributed by atoms with Crippen molar-refractivity contribution in [2.75, 3.05) is 7.05 Å². The molecule has 1 fully saturated rings. The highest BCUT2D eigenvalue weighted by Crippen LogP contribution is 2.37. The van der Waals surface area contributed by atoms with E-state index in [1.807, 2.05) is 31.3 Å². The predicted octanol–water partition coefficient (Wildman–Crippen LogP) is 2.30. The number of tetrazole rings is 1. The normalized spacial score (nSPS) is 17.8. The van der Waals surface area contributed by atoms with Crippen LogP contribution in [0.3, 0.4) is 0 Å². The van der Waals surface area contributed by atoms with Gasteiger partial charge in [-0.15, -0.1) is 5.10 Å². The van der Waals surface area contributed by atoms with Gasteiger partial charge in [0.2, 0.25) is 0 Å². The molecule has 6 heteroatoms. The third-order valence-corrected chi connectivity index (χ3v) is 4.12. The van der Waals surface area contributed by atoms with Crippen LogP contribution in [0.25, 0.3) is 5.69 Å². The minimum absolute atomic E-state index is 0.119. The van der Waals surface area contributed by atoms with Gasteiger partial charge in [-0.2, -0.15) is 4.68 Å². The summed E-state index contributed by atoms with van der Waals surface area (Å²) in [5.41, 5.74) is 0.778. The molecule has 0 bridgehead atoms. The summed E-state index contributed by atoms with van der Waals surface area (Å²) in [5.74, 6) is 0.870. The third kappa shape index (κ3) is 2.13. The van der Waals surface area contributed by atoms with E-state index in [1.165, 1.54) is 12.8 Å². The lowest BCUT2D eigenvalue weighted by Crippen LogP contribution is -2.39. The van der Waals surface area contributed by atoms with Crippen molar-refractivity contribution in [2.24, 2.45) is 0 Å². The summed E-state index contributed by atoms with van der Waals surface area (Å²) in [4.78, 5) is 0. The van der Waals surface area contributed by atoms with Crippen molar-refractivity contribution in [3.05, 3.63) is 35.1 Å². The Kier molecular flexibility index (Phi) is 3.24. The maximum absolute atomic E-state index is 6.04. The molecule has 0 radical (unpaired) electrons. The van der Waals surface area contributed by atoms with Crippen LogP contribution >= 0.6 is 11.6 Å². The molecular formula is C13H16ClN5. The highest BCUT2D eigenvalue weighted by atomic mass is 35.5. The van der Waals surface area contributed by atoms with Gasteiger partial charge in [0.05, 0.1) is 11.2 Å². The number of hydrogen-bond donors (Lipinski definition) is 1. The minimum atomic E-state index is -0.119. The number of halogens is 1. The molecule has 0 spiro atoms. The highest BCUT2D eigenvalue weighted by molar-refractivity contribution is 6.30. The molecule has 1 heterocycles. The molecule has 0 saturated heterocycles. The number of aromatic nitrogens is 4. The van der Waals surface area contributed by atoms with Crippen LogP contribution in [0.5, 0.6) is 0 Å². The second kappa shape index (κ2) is 4.90. The molecule has 0 aliphatic heterocycles. The van der Waals surface area contributed by atoms with Gasteiger partial charge < -0.3 is 5.32 Å². The molecule has 1 N–H and O–H groups in total. The van der Waals surface area contributed by atoms with Gasteiger partial charge in [0.25, 0.3) is 0 Å². The van der Waals surface area contributed by atoms with Crippen molar-refractivity contribution in [1.82, 2.24) is 25.5 Å². The molecule has 5 nitrogen and oxygen atoms in total. The molecule has 100 valence electrons. The van der Waals surface area contributed by atoms with Crippen LogP contribution in [0.15, 0.2) is 24.3 Å². The van der Waals surface area contributed by atoms with E-state index in [9.17, 15) is 0 Å². The Morgan fingerprint density at radius 3 is 2.79 bits per heavy atom. The Morgan fingerprint density at radius 2 is 2.11 bits per heavy atom. The number of nitrogens with one attached hydrogen (secondary N) is 1. The van der Waals surface area contributed by atoms with Crippen molar-refractivity contribution >= 4 is 11.6 Å². The Labute approximate surface area is 117 Å². The monoisotopic (exact) mass is 277 g/mol. The van der Waals surface area contributed by atoms with Gasteiger partial charge in [0.1, 0.15) is 0 Å². The summed E-state index contributed by atoms with van der Waals surface area (Å²) in [7, 11) is 1.97.